The minimum absolute atomic E-state index is 0. The smallest absolute Gasteiger partial charge is 0.756 e. The summed E-state index contributed by atoms with van der Waals surface area (Å²) in [5.74, 6) is -4.71. The molecule has 0 aromatic rings. The summed E-state index contributed by atoms with van der Waals surface area (Å²) in [6.07, 6.45) is 4.27. The first-order valence-corrected chi connectivity index (χ1v) is 16.8. The van der Waals surface area contributed by atoms with Crippen molar-refractivity contribution in [1.29, 1.82) is 0 Å². The number of ether oxygens (including phenoxy) is 3. The van der Waals surface area contributed by atoms with Crippen LogP contribution in [0.4, 0.5) is 0 Å². The van der Waals surface area contributed by atoms with Gasteiger partial charge in [-0.25, -0.2) is 0 Å². The van der Waals surface area contributed by atoms with Crippen molar-refractivity contribution < 1.29 is 60.0 Å². The van der Waals surface area contributed by atoms with Crippen LogP contribution in [-0.4, -0.2) is 108 Å². The predicted octanol–water partition coefficient (Wildman–Crippen LogP) is 0.938. The quantitative estimate of drug-likeness (QED) is 0.175. The molecular formula is C33H51FeN6O12. The van der Waals surface area contributed by atoms with Gasteiger partial charge in [-0.05, 0) is 59.3 Å². The van der Waals surface area contributed by atoms with Crippen molar-refractivity contribution in [2.45, 2.75) is 96.7 Å². The second-order valence-electron chi connectivity index (χ2n) is 12.3. The summed E-state index contributed by atoms with van der Waals surface area (Å²) in [6, 6.07) is -3.17. The van der Waals surface area contributed by atoms with Crippen molar-refractivity contribution in [2.75, 3.05) is 39.5 Å². The van der Waals surface area contributed by atoms with E-state index in [1.807, 2.05) is 0 Å². The first-order valence-electron chi connectivity index (χ1n) is 16.8. The number of amides is 3. The van der Waals surface area contributed by atoms with Crippen molar-refractivity contribution in [3.8, 4) is 0 Å². The Hall–Kier alpha value is -3.68. The third-order valence-electron chi connectivity index (χ3n) is 7.61. The molecule has 18 nitrogen and oxygen atoms in total. The molecule has 1 rings (SSSR count). The molecule has 6 N–H and O–H groups in total. The van der Waals surface area contributed by atoms with Crippen LogP contribution in [0.25, 0.3) is 0 Å². The number of cyclic esters (lactones) is 3. The standard InChI is InChI=1S/C33H51N6O12.Fe/c1-22-10-16-49-31(43)25(34)8-5-14-38(47)29(41)20-24(3)12-18-51-33(45)27(36)9-6-15-39(48)30(42)21-23(2)11-17-50-32(44)26(35)7-4-13-37(46)28(40)19-22;/h19-21,25-27H,4-18,34-36H2,1-3H3;/q-3;+3/b22-19-,23-21-,24-20-;. The third kappa shape index (κ3) is 20.4. The van der Waals surface area contributed by atoms with Crippen LogP contribution in [0.3, 0.4) is 0 Å². The molecule has 3 unspecified atom stereocenters. The van der Waals surface area contributed by atoms with E-state index in [1.54, 1.807) is 20.8 Å². The number of hydrogen-bond acceptors (Lipinski definition) is 15. The van der Waals surface area contributed by atoms with Crippen molar-refractivity contribution in [1.82, 2.24) is 15.2 Å². The maximum absolute atomic E-state index is 12.3. The van der Waals surface area contributed by atoms with E-state index in [2.05, 4.69) is 0 Å². The fraction of sp³-hybridized carbons (Fsp3) is 0.636. The summed E-state index contributed by atoms with van der Waals surface area (Å²) in [5.41, 5.74) is 18.9. The van der Waals surface area contributed by atoms with Crippen LogP contribution < -0.4 is 17.2 Å². The second-order valence-corrected chi connectivity index (χ2v) is 12.3. The summed E-state index contributed by atoms with van der Waals surface area (Å²) in [5, 5.41) is 37.2. The van der Waals surface area contributed by atoms with Crippen molar-refractivity contribution in [3.05, 3.63) is 50.6 Å². The summed E-state index contributed by atoms with van der Waals surface area (Å²) >= 11 is 0. The van der Waals surface area contributed by atoms with Crippen LogP contribution in [0.5, 0.6) is 0 Å². The van der Waals surface area contributed by atoms with Crippen molar-refractivity contribution in [3.63, 3.8) is 0 Å². The Labute approximate surface area is 314 Å². The number of hydroxylamine groups is 6. The van der Waals surface area contributed by atoms with E-state index in [1.165, 1.54) is 0 Å². The van der Waals surface area contributed by atoms with E-state index in [9.17, 15) is 44.4 Å². The zero-order valence-electron chi connectivity index (χ0n) is 29.9. The molecule has 52 heavy (non-hydrogen) atoms. The minimum Gasteiger partial charge on any atom is -0.756 e. The van der Waals surface area contributed by atoms with Crippen LogP contribution in [0.2, 0.25) is 0 Å². The summed E-state index contributed by atoms with van der Waals surface area (Å²) < 4.78 is 15.4. The van der Waals surface area contributed by atoms with Gasteiger partial charge in [-0.1, -0.05) is 16.7 Å². The molecule has 1 aliphatic rings. The Balaban J connectivity index is 0.0000260. The average molecular weight is 780 g/mol. The first kappa shape index (κ1) is 48.3. The van der Waals surface area contributed by atoms with E-state index in [0.717, 1.165) is 18.2 Å². The van der Waals surface area contributed by atoms with Crippen LogP contribution >= 0.6 is 0 Å². The number of rotatable bonds is 0. The van der Waals surface area contributed by atoms with Gasteiger partial charge in [0.2, 0.25) is 17.7 Å². The molecule has 1 radical (unpaired) electrons. The molecule has 0 bridgehead atoms. The van der Waals surface area contributed by atoms with Crippen LogP contribution in [0.1, 0.15) is 78.6 Å². The van der Waals surface area contributed by atoms with Gasteiger partial charge in [0.1, 0.15) is 18.1 Å². The number of esters is 3. The maximum Gasteiger partial charge on any atom is 3.00 e. The summed E-state index contributed by atoms with van der Waals surface area (Å²) in [7, 11) is 0. The summed E-state index contributed by atoms with van der Waals surface area (Å²) in [6.45, 7) is 3.68. The molecule has 293 valence electrons. The Morgan fingerprint density at radius 3 is 0.981 bits per heavy atom. The van der Waals surface area contributed by atoms with E-state index >= 15 is 0 Å². The van der Waals surface area contributed by atoms with Gasteiger partial charge in [0, 0.05) is 57.1 Å². The molecule has 1 aliphatic heterocycles. The van der Waals surface area contributed by atoms with Crippen molar-refractivity contribution in [2.24, 2.45) is 17.2 Å². The number of hydrogen-bond donors (Lipinski definition) is 3. The third-order valence-corrected chi connectivity index (χ3v) is 7.61. The van der Waals surface area contributed by atoms with Gasteiger partial charge in [-0.15, -0.1) is 0 Å². The maximum atomic E-state index is 12.3. The first-order chi connectivity index (χ1) is 24.0. The van der Waals surface area contributed by atoms with Gasteiger partial charge in [0.25, 0.3) is 0 Å². The molecular weight excluding hydrogens is 728 g/mol. The van der Waals surface area contributed by atoms with Gasteiger partial charge in [-0.2, -0.15) is 0 Å². The molecule has 0 saturated carbocycles. The summed E-state index contributed by atoms with van der Waals surface area (Å²) in [4.78, 5) is 73.4. The fourth-order valence-electron chi connectivity index (χ4n) is 4.37. The largest absolute Gasteiger partial charge is 3.00 e. The Bertz CT molecular complexity index is 1140. The topological polar surface area (TPSA) is 287 Å². The molecule has 0 aromatic carbocycles. The molecule has 0 saturated heterocycles. The number of carbonyl (C=O) groups is 6. The molecule has 0 aromatic heterocycles. The number of nitrogens with two attached hydrogens (primary N) is 3. The average Bonchev–Trinajstić information content (AvgIpc) is 3.06. The molecule has 0 spiro atoms. The molecule has 3 amide bonds. The SMILES string of the molecule is C/C1=C/C(=O)N([O-])CCCC(N)C(=O)OCC/C(C)=C\C(=O)N([O-])CCCC(N)C(=O)OCC/C(C)=C\C(=O)N([O-])CCCC(N)C(=O)OCC1.[Fe+3]. The predicted molar refractivity (Wildman–Crippen MR) is 185 cm³/mol. The molecule has 3 atom stereocenters. The molecule has 1 heterocycles. The zero-order valence-corrected chi connectivity index (χ0v) is 31.0. The van der Waals surface area contributed by atoms with Crippen molar-refractivity contribution >= 4 is 35.6 Å². The van der Waals surface area contributed by atoms with Crippen LogP contribution in [0.15, 0.2) is 34.9 Å². The van der Waals surface area contributed by atoms with Gasteiger partial charge in [0.15, 0.2) is 0 Å². The Morgan fingerprint density at radius 1 is 0.519 bits per heavy atom. The van der Waals surface area contributed by atoms with Gasteiger partial charge in [0.05, 0.1) is 19.8 Å². The molecule has 0 aliphatic carbocycles. The van der Waals surface area contributed by atoms with Crippen LogP contribution in [-0.2, 0) is 60.0 Å². The molecule has 19 heteroatoms. The molecule has 0 fully saturated rings. The van der Waals surface area contributed by atoms with Gasteiger partial charge < -0.3 is 62.2 Å². The van der Waals surface area contributed by atoms with E-state index in [4.69, 9.17) is 31.4 Å². The monoisotopic (exact) mass is 779 g/mol. The van der Waals surface area contributed by atoms with Gasteiger partial charge >= 0.3 is 35.0 Å². The Morgan fingerprint density at radius 2 is 0.750 bits per heavy atom. The van der Waals surface area contributed by atoms with E-state index in [0.29, 0.717) is 16.7 Å². The fourth-order valence-corrected chi connectivity index (χ4v) is 4.37. The number of nitrogens with zero attached hydrogens (tertiary/aromatic N) is 3. The Kier molecular flexibility index (Phi) is 24.3. The normalized spacial score (nSPS) is 27.1. The zero-order chi connectivity index (χ0) is 38.5. The number of carbonyl (C=O) groups excluding carboxylic acids is 6. The minimum atomic E-state index is -1.06. The van der Waals surface area contributed by atoms with Gasteiger partial charge in [-0.3, -0.25) is 28.8 Å². The second kappa shape index (κ2) is 26.1. The van der Waals surface area contributed by atoms with Crippen LogP contribution in [0, 0.1) is 15.6 Å². The van der Waals surface area contributed by atoms with E-state index in [-0.39, 0.29) is 130 Å². The van der Waals surface area contributed by atoms with E-state index < -0.39 is 53.8 Å².